The molecule has 0 spiro atoms. The fourth-order valence-corrected chi connectivity index (χ4v) is 7.67. The summed E-state index contributed by atoms with van der Waals surface area (Å²) in [5, 5.41) is 8.63. The zero-order valence-corrected chi connectivity index (χ0v) is 32.5. The average molecular weight is 791 g/mol. The number of rotatable bonds is 15. The number of nitrogens with one attached hydrogen (secondary N) is 3. The Morgan fingerprint density at radius 2 is 1.40 bits per heavy atom. The summed E-state index contributed by atoms with van der Waals surface area (Å²) in [6.45, 7) is 2.92. The number of thiazole rings is 1. The van der Waals surface area contributed by atoms with Crippen molar-refractivity contribution in [2.45, 2.75) is 23.7 Å². The Kier molecular flexibility index (Phi) is 12.7. The van der Waals surface area contributed by atoms with Gasteiger partial charge in [-0.25, -0.2) is 4.98 Å². The molecule has 3 N–H and O–H groups in total. The zero-order valence-electron chi connectivity index (χ0n) is 30.9. The standard InChI is InChI=1S/C46H38N4O5S2/c1-2-54-37-24-27-39-41(29-37)57-46(49-39)50-45(53)42(33-14-8-4-9-15-33)56-38-25-20-35(21-26-38)47-44(52)40(48-43(51)34-16-10-5-11-17-34)28-31-18-22-36(23-19-31)55-30-32-12-6-3-7-13-32/h3-29,42H,2,30H2,1H3,(H,47,52)(H,48,51)(H,49,50,53)/b40-28-. The highest BCUT2D eigenvalue weighted by molar-refractivity contribution is 8.00. The monoisotopic (exact) mass is 790 g/mol. The quantitative estimate of drug-likeness (QED) is 0.0699. The summed E-state index contributed by atoms with van der Waals surface area (Å²) in [5.41, 5.74) is 4.34. The van der Waals surface area contributed by atoms with Crippen LogP contribution in [0.1, 0.15) is 39.2 Å². The first-order valence-corrected chi connectivity index (χ1v) is 19.9. The van der Waals surface area contributed by atoms with E-state index in [9.17, 15) is 14.4 Å². The third-order valence-electron chi connectivity index (χ3n) is 8.58. The lowest BCUT2D eigenvalue weighted by atomic mass is 10.1. The van der Waals surface area contributed by atoms with Gasteiger partial charge in [-0.05, 0) is 96.4 Å². The number of fused-ring (bicyclic) bond motifs is 1. The molecule has 6 aromatic carbocycles. The molecule has 0 saturated carbocycles. The number of ether oxygens (including phenoxy) is 2. The van der Waals surface area contributed by atoms with E-state index in [-0.39, 0.29) is 11.6 Å². The van der Waals surface area contributed by atoms with E-state index in [0.717, 1.165) is 32.0 Å². The summed E-state index contributed by atoms with van der Waals surface area (Å²) in [6.07, 6.45) is 1.62. The van der Waals surface area contributed by atoms with Crippen LogP contribution in [-0.4, -0.2) is 29.3 Å². The molecule has 284 valence electrons. The Labute approximate surface area is 338 Å². The fourth-order valence-electron chi connectivity index (χ4n) is 5.75. The minimum absolute atomic E-state index is 0.0602. The topological polar surface area (TPSA) is 119 Å². The van der Waals surface area contributed by atoms with Crippen molar-refractivity contribution in [3.63, 3.8) is 0 Å². The average Bonchev–Trinajstić information content (AvgIpc) is 3.65. The van der Waals surface area contributed by atoms with Crippen molar-refractivity contribution < 1.29 is 23.9 Å². The third kappa shape index (κ3) is 10.5. The van der Waals surface area contributed by atoms with E-state index in [1.165, 1.54) is 23.1 Å². The van der Waals surface area contributed by atoms with Gasteiger partial charge in [-0.15, -0.1) is 11.8 Å². The van der Waals surface area contributed by atoms with Gasteiger partial charge in [-0.3, -0.25) is 14.4 Å². The second-order valence-corrected chi connectivity index (χ2v) is 14.9. The Hall–Kier alpha value is -6.69. The van der Waals surface area contributed by atoms with Crippen LogP contribution in [0.15, 0.2) is 168 Å². The van der Waals surface area contributed by atoms with Crippen molar-refractivity contribution in [1.29, 1.82) is 0 Å². The molecule has 7 aromatic rings. The fraction of sp³-hybridized carbons (Fsp3) is 0.0870. The number of carbonyl (C=O) groups excluding carboxylic acids is 3. The maximum absolute atomic E-state index is 13.8. The lowest BCUT2D eigenvalue weighted by Gasteiger charge is -2.17. The number of anilines is 2. The molecule has 7 rings (SSSR count). The molecule has 9 nitrogen and oxygen atoms in total. The van der Waals surface area contributed by atoms with E-state index in [4.69, 9.17) is 9.47 Å². The number of nitrogens with zero attached hydrogens (tertiary/aromatic N) is 1. The molecule has 0 bridgehead atoms. The van der Waals surface area contributed by atoms with Crippen LogP contribution in [0.5, 0.6) is 11.5 Å². The van der Waals surface area contributed by atoms with Gasteiger partial charge in [0.1, 0.15) is 29.1 Å². The van der Waals surface area contributed by atoms with E-state index >= 15 is 0 Å². The summed E-state index contributed by atoms with van der Waals surface area (Å²) in [7, 11) is 0. The maximum atomic E-state index is 13.8. The Morgan fingerprint density at radius 1 is 0.737 bits per heavy atom. The molecular weight excluding hydrogens is 753 g/mol. The van der Waals surface area contributed by atoms with Gasteiger partial charge in [0, 0.05) is 16.1 Å². The van der Waals surface area contributed by atoms with Crippen molar-refractivity contribution in [3.05, 3.63) is 186 Å². The predicted octanol–water partition coefficient (Wildman–Crippen LogP) is 10.2. The largest absolute Gasteiger partial charge is 0.494 e. The molecule has 11 heteroatoms. The van der Waals surface area contributed by atoms with Gasteiger partial charge < -0.3 is 25.4 Å². The number of hydrogen-bond acceptors (Lipinski definition) is 8. The number of benzene rings is 6. The van der Waals surface area contributed by atoms with Gasteiger partial charge >= 0.3 is 0 Å². The summed E-state index contributed by atoms with van der Waals surface area (Å²) >= 11 is 2.77. The molecule has 0 aliphatic rings. The number of hydrogen-bond donors (Lipinski definition) is 3. The molecule has 3 amide bonds. The highest BCUT2D eigenvalue weighted by Gasteiger charge is 2.24. The number of carbonyl (C=O) groups is 3. The molecule has 1 atom stereocenters. The molecule has 0 aliphatic heterocycles. The number of amides is 3. The van der Waals surface area contributed by atoms with Gasteiger partial charge in [0.05, 0.1) is 16.8 Å². The predicted molar refractivity (Wildman–Crippen MR) is 229 cm³/mol. The SMILES string of the molecule is CCOc1ccc2nc(NC(=O)C(Sc3ccc(NC(=O)/C(=C/c4ccc(OCc5ccccc5)cc4)NC(=O)c4ccccc4)cc3)c3ccccc3)sc2c1. The van der Waals surface area contributed by atoms with E-state index in [2.05, 4.69) is 20.9 Å². The molecule has 1 heterocycles. The summed E-state index contributed by atoms with van der Waals surface area (Å²) in [6, 6.07) is 48.3. The number of thioether (sulfide) groups is 1. The van der Waals surface area contributed by atoms with Gasteiger partial charge in [0.2, 0.25) is 5.91 Å². The third-order valence-corrected chi connectivity index (χ3v) is 10.8. The molecule has 57 heavy (non-hydrogen) atoms. The summed E-state index contributed by atoms with van der Waals surface area (Å²) < 4.78 is 12.5. The normalized spacial score (nSPS) is 11.7. The van der Waals surface area contributed by atoms with E-state index in [1.807, 2.05) is 128 Å². The lowest BCUT2D eigenvalue weighted by molar-refractivity contribution is -0.116. The summed E-state index contributed by atoms with van der Waals surface area (Å²) in [5.74, 6) is 0.289. The van der Waals surface area contributed by atoms with Crippen LogP contribution < -0.4 is 25.4 Å². The minimum Gasteiger partial charge on any atom is -0.494 e. The van der Waals surface area contributed by atoms with Crippen LogP contribution in [0.2, 0.25) is 0 Å². The van der Waals surface area contributed by atoms with Crippen molar-refractivity contribution in [1.82, 2.24) is 10.3 Å². The lowest BCUT2D eigenvalue weighted by Crippen LogP contribution is -2.30. The molecule has 0 fully saturated rings. The smallest absolute Gasteiger partial charge is 0.272 e. The van der Waals surface area contributed by atoms with Crippen molar-refractivity contribution in [2.24, 2.45) is 0 Å². The molecular formula is C46H38N4O5S2. The molecule has 0 aliphatic carbocycles. The van der Waals surface area contributed by atoms with Crippen molar-refractivity contribution in [2.75, 3.05) is 17.2 Å². The van der Waals surface area contributed by atoms with Gasteiger partial charge in [0.15, 0.2) is 5.13 Å². The van der Waals surface area contributed by atoms with Gasteiger partial charge in [-0.2, -0.15) is 0 Å². The van der Waals surface area contributed by atoms with E-state index in [1.54, 1.807) is 42.5 Å². The second kappa shape index (κ2) is 18.8. The van der Waals surface area contributed by atoms with Crippen LogP contribution in [-0.2, 0) is 16.2 Å². The highest BCUT2D eigenvalue weighted by atomic mass is 32.2. The van der Waals surface area contributed by atoms with Crippen LogP contribution in [0.25, 0.3) is 16.3 Å². The minimum atomic E-state index is -0.587. The van der Waals surface area contributed by atoms with E-state index in [0.29, 0.717) is 40.9 Å². The second-order valence-electron chi connectivity index (χ2n) is 12.7. The first-order chi connectivity index (χ1) is 27.9. The van der Waals surface area contributed by atoms with Crippen molar-refractivity contribution >= 4 is 67.9 Å². The van der Waals surface area contributed by atoms with Crippen molar-refractivity contribution in [3.8, 4) is 11.5 Å². The van der Waals surface area contributed by atoms with Gasteiger partial charge in [-0.1, -0.05) is 102 Å². The van der Waals surface area contributed by atoms with Crippen LogP contribution >= 0.6 is 23.1 Å². The Morgan fingerprint density at radius 3 is 2.11 bits per heavy atom. The van der Waals surface area contributed by atoms with Crippen LogP contribution in [0.3, 0.4) is 0 Å². The molecule has 1 aromatic heterocycles. The highest BCUT2D eigenvalue weighted by Crippen LogP contribution is 2.38. The molecule has 0 saturated heterocycles. The van der Waals surface area contributed by atoms with E-state index < -0.39 is 17.1 Å². The van der Waals surface area contributed by atoms with Gasteiger partial charge in [0.25, 0.3) is 11.8 Å². The van der Waals surface area contributed by atoms with Crippen LogP contribution in [0.4, 0.5) is 10.8 Å². The Balaban J connectivity index is 1.05. The first kappa shape index (κ1) is 38.6. The molecule has 1 unspecified atom stereocenters. The summed E-state index contributed by atoms with van der Waals surface area (Å²) in [4.78, 5) is 46.2. The zero-order chi connectivity index (χ0) is 39.4. The maximum Gasteiger partial charge on any atom is 0.272 e. The molecule has 0 radical (unpaired) electrons. The number of aromatic nitrogens is 1. The first-order valence-electron chi connectivity index (χ1n) is 18.2. The Bertz CT molecular complexity index is 2480. The van der Waals surface area contributed by atoms with Crippen LogP contribution in [0, 0.1) is 0 Å².